The lowest BCUT2D eigenvalue weighted by atomic mass is 9.93. The highest BCUT2D eigenvalue weighted by Gasteiger charge is 2.29. The van der Waals surface area contributed by atoms with E-state index in [-0.39, 0.29) is 5.91 Å². The summed E-state index contributed by atoms with van der Waals surface area (Å²) in [5.74, 6) is -0.386. The highest BCUT2D eigenvalue weighted by atomic mass is 35.5. The Hall–Kier alpha value is -3.22. The largest absolute Gasteiger partial charge is 0.493 e. The lowest BCUT2D eigenvalue weighted by Crippen LogP contribution is -2.26. The molecule has 0 fully saturated rings. The predicted octanol–water partition coefficient (Wildman–Crippen LogP) is 6.97. The minimum absolute atomic E-state index is 0.166. The zero-order valence-corrected chi connectivity index (χ0v) is 22.3. The van der Waals surface area contributed by atoms with Crippen LogP contribution in [0.2, 0.25) is 10.0 Å². The van der Waals surface area contributed by atoms with E-state index in [1.807, 2.05) is 25.1 Å². The lowest BCUT2D eigenvalue weighted by molar-refractivity contribution is -0.139. The number of carbonyl (C=O) groups is 2. The van der Waals surface area contributed by atoms with Crippen LogP contribution in [0.25, 0.3) is 0 Å². The molecule has 1 amide bonds. The van der Waals surface area contributed by atoms with E-state index >= 15 is 0 Å². The van der Waals surface area contributed by atoms with E-state index in [4.69, 9.17) is 32.7 Å². The van der Waals surface area contributed by atoms with E-state index in [1.165, 1.54) is 11.1 Å². The molecule has 8 heteroatoms. The highest BCUT2D eigenvalue weighted by molar-refractivity contribution is 6.32. The molecule has 0 saturated heterocycles. The quantitative estimate of drug-likeness (QED) is 0.305. The van der Waals surface area contributed by atoms with Crippen LogP contribution in [0.3, 0.4) is 0 Å². The maximum atomic E-state index is 12.8. The van der Waals surface area contributed by atoms with Crippen LogP contribution in [0.15, 0.2) is 48.5 Å². The Morgan fingerprint density at radius 3 is 2.59 bits per heavy atom. The monoisotopic (exact) mass is 541 g/mol. The molecule has 1 heterocycles. The first-order chi connectivity index (χ1) is 17.8. The summed E-state index contributed by atoms with van der Waals surface area (Å²) in [6.07, 6.45) is 3.09. The van der Waals surface area contributed by atoms with E-state index in [1.54, 1.807) is 30.3 Å². The molecule has 1 unspecified atom stereocenters. The van der Waals surface area contributed by atoms with Crippen LogP contribution >= 0.6 is 23.2 Å². The van der Waals surface area contributed by atoms with Crippen molar-refractivity contribution < 1.29 is 24.2 Å². The summed E-state index contributed by atoms with van der Waals surface area (Å²) < 4.78 is 11.7. The number of hydrogen-bond donors (Lipinski definition) is 2. The minimum Gasteiger partial charge on any atom is -0.493 e. The molecule has 1 aliphatic rings. The van der Waals surface area contributed by atoms with Gasteiger partial charge in [-0.15, -0.1) is 0 Å². The number of carboxylic acid groups (broad SMARTS) is 1. The lowest BCUT2D eigenvalue weighted by Gasteiger charge is -2.24. The molecule has 37 heavy (non-hydrogen) atoms. The summed E-state index contributed by atoms with van der Waals surface area (Å²) in [7, 11) is 0. The number of fused-ring (bicyclic) bond motifs is 1. The summed E-state index contributed by atoms with van der Waals surface area (Å²) in [6, 6.07) is 14.3. The van der Waals surface area contributed by atoms with Crippen LogP contribution in [0, 0.1) is 6.92 Å². The number of nitrogens with one attached hydrogen (secondary N) is 1. The maximum Gasteiger partial charge on any atom is 0.311 e. The van der Waals surface area contributed by atoms with Gasteiger partial charge in [-0.05, 0) is 79.3 Å². The van der Waals surface area contributed by atoms with Gasteiger partial charge in [0.05, 0.1) is 17.5 Å². The van der Waals surface area contributed by atoms with Crippen LogP contribution in [-0.2, 0) is 17.6 Å². The van der Waals surface area contributed by atoms with Crippen molar-refractivity contribution in [3.8, 4) is 17.2 Å². The summed E-state index contributed by atoms with van der Waals surface area (Å²) in [4.78, 5) is 24.3. The summed E-state index contributed by atoms with van der Waals surface area (Å²) in [5.41, 5.74) is 4.23. The highest BCUT2D eigenvalue weighted by Crippen LogP contribution is 2.42. The number of halogens is 2. The van der Waals surface area contributed by atoms with Crippen molar-refractivity contribution in [3.05, 3.63) is 86.4 Å². The predicted molar refractivity (Wildman–Crippen MR) is 145 cm³/mol. The smallest absolute Gasteiger partial charge is 0.311 e. The van der Waals surface area contributed by atoms with Crippen molar-refractivity contribution in [2.45, 2.75) is 45.4 Å². The number of hydrogen-bond acceptors (Lipinski definition) is 4. The normalized spacial score (nSPS) is 14.4. The van der Waals surface area contributed by atoms with Crippen molar-refractivity contribution in [1.82, 2.24) is 5.32 Å². The van der Waals surface area contributed by atoms with Gasteiger partial charge in [0.2, 0.25) is 0 Å². The van der Waals surface area contributed by atoms with E-state index < -0.39 is 11.9 Å². The molecule has 0 aliphatic carbocycles. The van der Waals surface area contributed by atoms with Gasteiger partial charge in [-0.3, -0.25) is 9.59 Å². The molecule has 3 aromatic rings. The zero-order valence-electron chi connectivity index (χ0n) is 20.8. The molecule has 6 nitrogen and oxygen atoms in total. The summed E-state index contributed by atoms with van der Waals surface area (Å²) in [6.45, 7) is 4.80. The molecule has 0 aromatic heterocycles. The Balaban J connectivity index is 1.41. The van der Waals surface area contributed by atoms with Crippen LogP contribution in [-0.4, -0.2) is 30.1 Å². The number of amides is 1. The Morgan fingerprint density at radius 2 is 1.86 bits per heavy atom. The van der Waals surface area contributed by atoms with Gasteiger partial charge in [-0.2, -0.15) is 0 Å². The third-order valence-corrected chi connectivity index (χ3v) is 6.96. The molecule has 2 N–H and O–H groups in total. The molecular weight excluding hydrogens is 513 g/mol. The van der Waals surface area contributed by atoms with Gasteiger partial charge in [0, 0.05) is 28.8 Å². The van der Waals surface area contributed by atoms with Gasteiger partial charge in [-0.1, -0.05) is 42.6 Å². The fourth-order valence-electron chi connectivity index (χ4n) is 4.50. The number of aliphatic carboxylic acids is 1. The molecule has 0 saturated carbocycles. The summed E-state index contributed by atoms with van der Waals surface area (Å²) in [5, 5.41) is 13.5. The number of benzene rings is 3. The Morgan fingerprint density at radius 1 is 1.05 bits per heavy atom. The topological polar surface area (TPSA) is 84.9 Å². The first-order valence-electron chi connectivity index (χ1n) is 12.3. The van der Waals surface area contributed by atoms with Crippen LogP contribution in [0.1, 0.15) is 58.3 Å². The van der Waals surface area contributed by atoms with Gasteiger partial charge in [-0.25, -0.2) is 0 Å². The molecule has 0 bridgehead atoms. The molecule has 0 spiro atoms. The second kappa shape index (κ2) is 11.9. The van der Waals surface area contributed by atoms with Gasteiger partial charge in [0.1, 0.15) is 17.2 Å². The van der Waals surface area contributed by atoms with Gasteiger partial charge in [0.25, 0.3) is 5.91 Å². The molecular formula is C29H29Cl2NO5. The number of rotatable bonds is 9. The van der Waals surface area contributed by atoms with E-state index in [2.05, 4.69) is 12.2 Å². The van der Waals surface area contributed by atoms with E-state index in [0.717, 1.165) is 29.8 Å². The fourth-order valence-corrected chi connectivity index (χ4v) is 4.91. The minimum atomic E-state index is -0.909. The number of carboxylic acids is 1. The van der Waals surface area contributed by atoms with E-state index in [9.17, 15) is 14.7 Å². The van der Waals surface area contributed by atoms with Gasteiger partial charge in [0.15, 0.2) is 0 Å². The Bertz CT molecular complexity index is 1320. The number of ether oxygens (including phenoxy) is 2. The molecule has 0 radical (unpaired) electrons. The maximum absolute atomic E-state index is 12.8. The second-order valence-electron chi connectivity index (χ2n) is 9.10. The molecule has 1 aliphatic heterocycles. The molecule has 3 aromatic carbocycles. The third kappa shape index (κ3) is 6.38. The molecule has 1 atom stereocenters. The van der Waals surface area contributed by atoms with Crippen molar-refractivity contribution in [2.75, 3.05) is 13.2 Å². The van der Waals surface area contributed by atoms with Crippen LogP contribution in [0.4, 0.5) is 0 Å². The zero-order chi connectivity index (χ0) is 26.5. The molecule has 4 rings (SSSR count). The van der Waals surface area contributed by atoms with Crippen molar-refractivity contribution in [3.63, 3.8) is 0 Å². The first-order valence-corrected chi connectivity index (χ1v) is 13.1. The van der Waals surface area contributed by atoms with Crippen molar-refractivity contribution in [1.29, 1.82) is 0 Å². The average Bonchev–Trinajstić information content (AvgIpc) is 2.86. The van der Waals surface area contributed by atoms with Crippen LogP contribution in [0.5, 0.6) is 17.2 Å². The van der Waals surface area contributed by atoms with E-state index in [0.29, 0.717) is 53.0 Å². The standard InChI is InChI=1S/C29H29Cl2NO5/c1-3-4-19-14-21(30)7-5-18(19)9-11-32-28(33)20-6-8-25(17(2)13-20)37-27-16-26-23(15-24(27)31)22(29(34)35)10-12-36-26/h5-8,13-16,22H,3-4,9-12H2,1-2H3,(H,32,33)(H,34,35). The third-order valence-electron chi connectivity index (χ3n) is 6.43. The van der Waals surface area contributed by atoms with Crippen molar-refractivity contribution >= 4 is 35.1 Å². The average molecular weight is 542 g/mol. The summed E-state index contributed by atoms with van der Waals surface area (Å²) >= 11 is 12.6. The Kier molecular flexibility index (Phi) is 8.62. The number of aryl methyl sites for hydroxylation is 2. The molecule has 194 valence electrons. The Labute approximate surface area is 226 Å². The first kappa shape index (κ1) is 26.8. The number of carbonyl (C=O) groups excluding carboxylic acids is 1. The van der Waals surface area contributed by atoms with Gasteiger partial charge < -0.3 is 19.9 Å². The van der Waals surface area contributed by atoms with Crippen LogP contribution < -0.4 is 14.8 Å². The van der Waals surface area contributed by atoms with Gasteiger partial charge >= 0.3 is 5.97 Å². The second-order valence-corrected chi connectivity index (χ2v) is 9.94. The van der Waals surface area contributed by atoms with Crippen molar-refractivity contribution in [2.24, 2.45) is 0 Å². The fraction of sp³-hybridized carbons (Fsp3) is 0.310. The SMILES string of the molecule is CCCc1cc(Cl)ccc1CCNC(=O)c1ccc(Oc2cc3c(cc2Cl)C(C(=O)O)CCO3)c(C)c1.